The van der Waals surface area contributed by atoms with Gasteiger partial charge in [0.25, 0.3) is 0 Å². The maximum atomic E-state index is 5.59. The first-order valence-electron chi connectivity index (χ1n) is 4.21. The van der Waals surface area contributed by atoms with E-state index in [1.54, 1.807) is 12.4 Å². The van der Waals surface area contributed by atoms with E-state index < -0.39 is 0 Å². The quantitative estimate of drug-likeness (QED) is 0.640. The molecule has 0 bridgehead atoms. The fourth-order valence-electron chi connectivity index (χ4n) is 1.29. The Bertz CT molecular complexity index is 352. The summed E-state index contributed by atoms with van der Waals surface area (Å²) < 4.78 is 0. The minimum Gasteiger partial charge on any atom is -0.226 e. The van der Waals surface area contributed by atoms with Crippen LogP contribution in [0.15, 0.2) is 30.6 Å². The number of hydrogen-bond acceptors (Lipinski definition) is 2. The molecule has 0 aromatic carbocycles. The van der Waals surface area contributed by atoms with Crippen LogP contribution in [0.25, 0.3) is 5.57 Å². The molecule has 0 spiro atoms. The molecule has 66 valence electrons. The average molecular weight is 193 g/mol. The van der Waals surface area contributed by atoms with Crippen LogP contribution in [0.3, 0.4) is 0 Å². The summed E-state index contributed by atoms with van der Waals surface area (Å²) in [6.07, 6.45) is 12.1. The molecule has 0 saturated carbocycles. The number of allylic oxidation sites excluding steroid dienone is 4. The number of rotatable bonds is 1. The van der Waals surface area contributed by atoms with Crippen molar-refractivity contribution < 1.29 is 0 Å². The molecule has 2 nitrogen and oxygen atoms in total. The second kappa shape index (κ2) is 3.71. The van der Waals surface area contributed by atoms with Gasteiger partial charge in [0.15, 0.2) is 0 Å². The van der Waals surface area contributed by atoms with Gasteiger partial charge in [-0.3, -0.25) is 0 Å². The zero-order valence-electron chi connectivity index (χ0n) is 7.07. The summed E-state index contributed by atoms with van der Waals surface area (Å²) in [7, 11) is 0. The van der Waals surface area contributed by atoms with E-state index in [1.807, 2.05) is 0 Å². The zero-order chi connectivity index (χ0) is 9.10. The fraction of sp³-hybridized carbons (Fsp3) is 0.200. The Balaban J connectivity index is 2.30. The highest BCUT2D eigenvalue weighted by Gasteiger charge is 2.01. The van der Waals surface area contributed by atoms with Crippen molar-refractivity contribution in [2.45, 2.75) is 12.8 Å². The number of halogens is 1. The van der Waals surface area contributed by atoms with Crippen LogP contribution in [0.4, 0.5) is 0 Å². The van der Waals surface area contributed by atoms with Crippen LogP contribution in [-0.2, 0) is 0 Å². The molecule has 1 aromatic rings. The Kier molecular flexibility index (Phi) is 2.41. The van der Waals surface area contributed by atoms with Crippen LogP contribution in [0.2, 0.25) is 5.28 Å². The molecule has 1 heterocycles. The van der Waals surface area contributed by atoms with Crippen molar-refractivity contribution in [2.75, 3.05) is 0 Å². The molecule has 3 heteroatoms. The molecule has 1 aliphatic carbocycles. The highest BCUT2D eigenvalue weighted by atomic mass is 35.5. The molecule has 2 rings (SSSR count). The highest BCUT2D eigenvalue weighted by molar-refractivity contribution is 6.28. The molecule has 0 fully saturated rings. The van der Waals surface area contributed by atoms with Crippen LogP contribution in [0.1, 0.15) is 18.4 Å². The molecule has 0 N–H and O–H groups in total. The van der Waals surface area contributed by atoms with Crippen LogP contribution < -0.4 is 0 Å². The topological polar surface area (TPSA) is 25.8 Å². The number of hydrogen-bond donors (Lipinski definition) is 0. The summed E-state index contributed by atoms with van der Waals surface area (Å²) >= 11 is 5.59. The zero-order valence-corrected chi connectivity index (χ0v) is 7.83. The van der Waals surface area contributed by atoms with E-state index in [0.29, 0.717) is 5.28 Å². The monoisotopic (exact) mass is 192 g/mol. The summed E-state index contributed by atoms with van der Waals surface area (Å²) in [4.78, 5) is 7.87. The summed E-state index contributed by atoms with van der Waals surface area (Å²) in [6, 6.07) is 0. The molecule has 1 aromatic heterocycles. The van der Waals surface area contributed by atoms with Crippen molar-refractivity contribution >= 4 is 17.2 Å². The second-order valence-corrected chi connectivity index (χ2v) is 3.22. The van der Waals surface area contributed by atoms with Crippen molar-refractivity contribution in [3.05, 3.63) is 41.5 Å². The SMILES string of the molecule is Clc1ncc(C2=CCCC=C2)cn1. The average Bonchev–Trinajstić information content (AvgIpc) is 2.20. The van der Waals surface area contributed by atoms with Crippen LogP contribution in [-0.4, -0.2) is 9.97 Å². The summed E-state index contributed by atoms with van der Waals surface area (Å²) in [5.41, 5.74) is 2.21. The Morgan fingerprint density at radius 2 is 1.92 bits per heavy atom. The van der Waals surface area contributed by atoms with Crippen LogP contribution >= 0.6 is 11.6 Å². The van der Waals surface area contributed by atoms with Gasteiger partial charge in [0, 0.05) is 18.0 Å². The molecule has 0 aliphatic heterocycles. The van der Waals surface area contributed by atoms with Gasteiger partial charge in [0.2, 0.25) is 5.28 Å². The Hall–Kier alpha value is -1.15. The largest absolute Gasteiger partial charge is 0.226 e. The lowest BCUT2D eigenvalue weighted by Gasteiger charge is -2.05. The van der Waals surface area contributed by atoms with Crippen molar-refractivity contribution in [3.8, 4) is 0 Å². The van der Waals surface area contributed by atoms with Gasteiger partial charge < -0.3 is 0 Å². The number of aromatic nitrogens is 2. The molecule has 1 aliphatic rings. The van der Waals surface area contributed by atoms with Crippen molar-refractivity contribution in [3.63, 3.8) is 0 Å². The standard InChI is InChI=1S/C10H9ClN2/c11-10-12-6-9(7-13-10)8-4-2-1-3-5-8/h2,4-7H,1,3H2. The summed E-state index contributed by atoms with van der Waals surface area (Å²) in [6.45, 7) is 0. The van der Waals surface area contributed by atoms with E-state index in [2.05, 4.69) is 28.2 Å². The Morgan fingerprint density at radius 1 is 1.15 bits per heavy atom. The second-order valence-electron chi connectivity index (χ2n) is 2.88. The van der Waals surface area contributed by atoms with Gasteiger partial charge in [-0.1, -0.05) is 18.2 Å². The fourth-order valence-corrected chi connectivity index (χ4v) is 1.39. The smallest absolute Gasteiger partial charge is 0.222 e. The van der Waals surface area contributed by atoms with Crippen molar-refractivity contribution in [1.82, 2.24) is 9.97 Å². The Labute approximate surface area is 82.0 Å². The summed E-state index contributed by atoms with van der Waals surface area (Å²) in [5.74, 6) is 0. The van der Waals surface area contributed by atoms with E-state index in [4.69, 9.17) is 11.6 Å². The van der Waals surface area contributed by atoms with E-state index in [0.717, 1.165) is 18.4 Å². The molecular weight excluding hydrogens is 184 g/mol. The van der Waals surface area contributed by atoms with Gasteiger partial charge >= 0.3 is 0 Å². The van der Waals surface area contributed by atoms with Crippen molar-refractivity contribution in [1.29, 1.82) is 0 Å². The normalized spacial score (nSPS) is 15.6. The van der Waals surface area contributed by atoms with E-state index >= 15 is 0 Å². The van der Waals surface area contributed by atoms with Gasteiger partial charge in [-0.05, 0) is 30.0 Å². The van der Waals surface area contributed by atoms with Gasteiger partial charge in [0.05, 0.1) is 0 Å². The van der Waals surface area contributed by atoms with E-state index in [-0.39, 0.29) is 0 Å². The van der Waals surface area contributed by atoms with Crippen molar-refractivity contribution in [2.24, 2.45) is 0 Å². The molecule has 13 heavy (non-hydrogen) atoms. The Morgan fingerprint density at radius 3 is 2.54 bits per heavy atom. The first kappa shape index (κ1) is 8.45. The maximum absolute atomic E-state index is 5.59. The molecular formula is C10H9ClN2. The predicted octanol–water partition coefficient (Wildman–Crippen LogP) is 2.86. The minimum atomic E-state index is 0.295. The highest BCUT2D eigenvalue weighted by Crippen LogP contribution is 2.19. The lowest BCUT2D eigenvalue weighted by molar-refractivity contribution is 1.04. The van der Waals surface area contributed by atoms with E-state index in [9.17, 15) is 0 Å². The number of nitrogens with zero attached hydrogens (tertiary/aromatic N) is 2. The third-order valence-electron chi connectivity index (χ3n) is 1.95. The lowest BCUT2D eigenvalue weighted by atomic mass is 10.0. The molecule has 0 saturated heterocycles. The van der Waals surface area contributed by atoms with Gasteiger partial charge in [-0.2, -0.15) is 0 Å². The maximum Gasteiger partial charge on any atom is 0.222 e. The van der Waals surface area contributed by atoms with Crippen LogP contribution in [0, 0.1) is 0 Å². The first-order valence-corrected chi connectivity index (χ1v) is 4.59. The third-order valence-corrected chi connectivity index (χ3v) is 2.14. The van der Waals surface area contributed by atoms with Gasteiger partial charge in [-0.15, -0.1) is 0 Å². The van der Waals surface area contributed by atoms with Crippen LogP contribution in [0.5, 0.6) is 0 Å². The molecule has 0 atom stereocenters. The predicted molar refractivity (Wildman–Crippen MR) is 53.4 cm³/mol. The molecule has 0 amide bonds. The molecule has 0 unspecified atom stereocenters. The lowest BCUT2D eigenvalue weighted by Crippen LogP contribution is -1.89. The third kappa shape index (κ3) is 1.95. The summed E-state index contributed by atoms with van der Waals surface area (Å²) in [5, 5.41) is 0.295. The van der Waals surface area contributed by atoms with Gasteiger partial charge in [0.1, 0.15) is 0 Å². The first-order chi connectivity index (χ1) is 6.36. The minimum absolute atomic E-state index is 0.295. The van der Waals surface area contributed by atoms with Gasteiger partial charge in [-0.25, -0.2) is 9.97 Å². The van der Waals surface area contributed by atoms with E-state index in [1.165, 1.54) is 5.57 Å². The molecule has 0 radical (unpaired) electrons.